The summed E-state index contributed by atoms with van der Waals surface area (Å²) in [6.07, 6.45) is 4.93. The highest BCUT2D eigenvalue weighted by Gasteiger charge is 2.19. The summed E-state index contributed by atoms with van der Waals surface area (Å²) in [5.41, 5.74) is 1.72. The summed E-state index contributed by atoms with van der Waals surface area (Å²) in [4.78, 5) is 30.3. The topological polar surface area (TPSA) is 79.7 Å². The number of carbonyl (C=O) groups is 1. The van der Waals surface area contributed by atoms with Gasteiger partial charge in [0.2, 0.25) is 0 Å². The van der Waals surface area contributed by atoms with Crippen molar-refractivity contribution in [3.63, 3.8) is 0 Å². The van der Waals surface area contributed by atoms with E-state index in [1.807, 2.05) is 0 Å². The zero-order valence-corrected chi connectivity index (χ0v) is 17.6. The summed E-state index contributed by atoms with van der Waals surface area (Å²) in [5, 5.41) is 0.485. The number of ether oxygens (including phenoxy) is 3. The minimum absolute atomic E-state index is 0.0653. The molecule has 8 heteroatoms. The number of hydrogen-bond donors (Lipinski definition) is 0. The van der Waals surface area contributed by atoms with E-state index in [9.17, 15) is 14.0 Å². The van der Waals surface area contributed by atoms with Gasteiger partial charge in [-0.25, -0.2) is 14.2 Å². The van der Waals surface area contributed by atoms with Crippen molar-refractivity contribution in [2.24, 2.45) is 0 Å². The van der Waals surface area contributed by atoms with E-state index < -0.39 is 11.8 Å². The summed E-state index contributed by atoms with van der Waals surface area (Å²) < 4.78 is 31.7. The van der Waals surface area contributed by atoms with E-state index in [2.05, 4.69) is 4.98 Å². The molecule has 0 atom stereocenters. The minimum Gasteiger partial charge on any atom is -0.467 e. The molecule has 0 unspecified atom stereocenters. The Balaban J connectivity index is 1.40. The number of halogens is 1. The normalized spacial score (nSPS) is 15.8. The SMILES string of the molecule is O=C(OCc1cc(F)cc2c1OCOC2)c1ccc2c(=O)n3c(nc2c1)CCCCCC3. The van der Waals surface area contributed by atoms with Gasteiger partial charge in [-0.05, 0) is 43.2 Å². The molecule has 0 bridgehead atoms. The van der Waals surface area contributed by atoms with Crippen molar-refractivity contribution < 1.29 is 23.4 Å². The van der Waals surface area contributed by atoms with E-state index in [0.717, 1.165) is 37.9 Å². The van der Waals surface area contributed by atoms with E-state index in [1.165, 1.54) is 12.1 Å². The quantitative estimate of drug-likeness (QED) is 0.578. The van der Waals surface area contributed by atoms with Crippen molar-refractivity contribution in [3.8, 4) is 5.75 Å². The number of nitrogens with zero attached hydrogens (tertiary/aromatic N) is 2. The van der Waals surface area contributed by atoms with Crippen LogP contribution in [-0.4, -0.2) is 22.3 Å². The second-order valence-corrected chi connectivity index (χ2v) is 8.12. The molecular formula is C24H23FN2O5. The first kappa shape index (κ1) is 20.6. The molecule has 0 spiro atoms. The van der Waals surface area contributed by atoms with Crippen molar-refractivity contribution in [2.75, 3.05) is 6.79 Å². The van der Waals surface area contributed by atoms with Crippen molar-refractivity contribution in [2.45, 2.75) is 51.9 Å². The summed E-state index contributed by atoms with van der Waals surface area (Å²) in [6, 6.07) is 7.41. The Morgan fingerprint density at radius 2 is 2.03 bits per heavy atom. The molecule has 0 amide bonds. The predicted octanol–water partition coefficient (Wildman–Crippen LogP) is 3.88. The Labute approximate surface area is 183 Å². The van der Waals surface area contributed by atoms with Gasteiger partial charge in [0.05, 0.1) is 23.1 Å². The van der Waals surface area contributed by atoms with Crippen LogP contribution in [0.1, 0.15) is 53.0 Å². The van der Waals surface area contributed by atoms with Crippen LogP contribution in [0.2, 0.25) is 0 Å². The first-order valence-electron chi connectivity index (χ1n) is 10.8. The van der Waals surface area contributed by atoms with Crippen molar-refractivity contribution in [1.29, 1.82) is 0 Å². The van der Waals surface area contributed by atoms with Crippen LogP contribution in [0.25, 0.3) is 10.9 Å². The molecule has 0 N–H and O–H groups in total. The van der Waals surface area contributed by atoms with Gasteiger partial charge >= 0.3 is 5.97 Å². The predicted molar refractivity (Wildman–Crippen MR) is 114 cm³/mol. The molecule has 2 aromatic carbocycles. The number of aryl methyl sites for hydroxylation is 1. The molecule has 166 valence electrons. The summed E-state index contributed by atoms with van der Waals surface area (Å²) in [5.74, 6) is 0.220. The number of aromatic nitrogens is 2. The number of benzene rings is 2. The molecule has 2 aliphatic heterocycles. The Kier molecular flexibility index (Phi) is 5.61. The lowest BCUT2D eigenvalue weighted by Crippen LogP contribution is -2.26. The van der Waals surface area contributed by atoms with Crippen LogP contribution in [0, 0.1) is 5.82 Å². The van der Waals surface area contributed by atoms with Crippen LogP contribution in [0.5, 0.6) is 5.75 Å². The average molecular weight is 438 g/mol. The minimum atomic E-state index is -0.578. The number of esters is 1. The van der Waals surface area contributed by atoms with E-state index in [0.29, 0.717) is 34.3 Å². The molecule has 32 heavy (non-hydrogen) atoms. The largest absolute Gasteiger partial charge is 0.467 e. The van der Waals surface area contributed by atoms with Gasteiger partial charge in [-0.15, -0.1) is 0 Å². The van der Waals surface area contributed by atoms with Crippen molar-refractivity contribution in [1.82, 2.24) is 9.55 Å². The van der Waals surface area contributed by atoms with E-state index >= 15 is 0 Å². The number of fused-ring (bicyclic) bond motifs is 3. The smallest absolute Gasteiger partial charge is 0.338 e. The fourth-order valence-corrected chi connectivity index (χ4v) is 4.31. The number of rotatable bonds is 3. The zero-order valence-electron chi connectivity index (χ0n) is 17.6. The zero-order chi connectivity index (χ0) is 22.1. The van der Waals surface area contributed by atoms with Crippen LogP contribution in [-0.2, 0) is 35.7 Å². The summed E-state index contributed by atoms with van der Waals surface area (Å²) in [7, 11) is 0. The van der Waals surface area contributed by atoms with Gasteiger partial charge in [0.15, 0.2) is 6.79 Å². The highest BCUT2D eigenvalue weighted by molar-refractivity contribution is 5.94. The molecular weight excluding hydrogens is 415 g/mol. The van der Waals surface area contributed by atoms with Gasteiger partial charge in [-0.2, -0.15) is 0 Å². The molecule has 0 fully saturated rings. The van der Waals surface area contributed by atoms with Crippen molar-refractivity contribution in [3.05, 3.63) is 69.0 Å². The first-order valence-corrected chi connectivity index (χ1v) is 10.8. The lowest BCUT2D eigenvalue weighted by atomic mass is 10.1. The number of carbonyl (C=O) groups excluding carboxylic acids is 1. The van der Waals surface area contributed by atoms with Gasteiger partial charge in [0.1, 0.15) is 24.0 Å². The third-order valence-corrected chi connectivity index (χ3v) is 5.91. The average Bonchev–Trinajstić information content (AvgIpc) is 2.78. The van der Waals surface area contributed by atoms with E-state index in [1.54, 1.807) is 22.8 Å². The first-order chi connectivity index (χ1) is 15.6. The van der Waals surface area contributed by atoms with Gasteiger partial charge in [0.25, 0.3) is 5.56 Å². The molecule has 5 rings (SSSR count). The molecule has 0 aliphatic carbocycles. The van der Waals surface area contributed by atoms with Gasteiger partial charge in [-0.3, -0.25) is 9.36 Å². The third-order valence-electron chi connectivity index (χ3n) is 5.91. The molecule has 1 aromatic heterocycles. The van der Waals surface area contributed by atoms with Crippen LogP contribution >= 0.6 is 0 Å². The lowest BCUT2D eigenvalue weighted by molar-refractivity contribution is -0.0182. The molecule has 3 aromatic rings. The Morgan fingerprint density at radius 3 is 2.94 bits per heavy atom. The standard InChI is InChI=1S/C24H23FN2O5/c25-18-9-16-12-30-14-32-22(16)17(10-18)13-31-24(29)15-6-7-19-20(11-15)26-21-5-3-1-2-4-8-27(21)23(19)28/h6-7,9-11H,1-5,8,12-14H2. The van der Waals surface area contributed by atoms with Crippen LogP contribution < -0.4 is 10.3 Å². The number of hydrogen-bond acceptors (Lipinski definition) is 6. The lowest BCUT2D eigenvalue weighted by Gasteiger charge is -2.20. The van der Waals surface area contributed by atoms with Crippen LogP contribution in [0.15, 0.2) is 35.1 Å². The summed E-state index contributed by atoms with van der Waals surface area (Å²) in [6.45, 7) is 0.837. The molecule has 7 nitrogen and oxygen atoms in total. The van der Waals surface area contributed by atoms with Crippen LogP contribution in [0.4, 0.5) is 4.39 Å². The van der Waals surface area contributed by atoms with Crippen LogP contribution in [0.3, 0.4) is 0 Å². The fraction of sp³-hybridized carbons (Fsp3) is 0.375. The second kappa shape index (κ2) is 8.70. The maximum absolute atomic E-state index is 13.9. The maximum atomic E-state index is 13.9. The highest BCUT2D eigenvalue weighted by Crippen LogP contribution is 2.30. The Morgan fingerprint density at radius 1 is 1.16 bits per heavy atom. The molecule has 0 saturated heterocycles. The molecule has 0 radical (unpaired) electrons. The monoisotopic (exact) mass is 438 g/mol. The second-order valence-electron chi connectivity index (χ2n) is 8.12. The molecule has 3 heterocycles. The molecule has 0 saturated carbocycles. The Hall–Kier alpha value is -3.26. The highest BCUT2D eigenvalue weighted by atomic mass is 19.1. The van der Waals surface area contributed by atoms with Gasteiger partial charge in [-0.1, -0.05) is 12.8 Å². The third kappa shape index (κ3) is 3.98. The molecule has 2 aliphatic rings. The van der Waals surface area contributed by atoms with Gasteiger partial charge < -0.3 is 14.2 Å². The fourth-order valence-electron chi connectivity index (χ4n) is 4.31. The Bertz CT molecular complexity index is 1250. The van der Waals surface area contributed by atoms with E-state index in [-0.39, 0.29) is 31.1 Å². The van der Waals surface area contributed by atoms with Gasteiger partial charge in [0, 0.05) is 24.1 Å². The van der Waals surface area contributed by atoms with E-state index in [4.69, 9.17) is 14.2 Å². The maximum Gasteiger partial charge on any atom is 0.338 e. The summed E-state index contributed by atoms with van der Waals surface area (Å²) >= 11 is 0. The van der Waals surface area contributed by atoms with Crippen molar-refractivity contribution >= 4 is 16.9 Å².